The van der Waals surface area contributed by atoms with Crippen molar-refractivity contribution in [1.29, 1.82) is 0 Å². The van der Waals surface area contributed by atoms with E-state index in [0.29, 0.717) is 0 Å². The number of nitrogen functional groups attached to an aromatic ring is 2. The SMILES string of the molecule is C=CC[N+](C)(CCCNc1ccc(N)cc1)CCCNc1ccc(N)cc1.[CH3-]. The van der Waals surface area contributed by atoms with Crippen molar-refractivity contribution < 1.29 is 4.48 Å². The van der Waals surface area contributed by atoms with Crippen molar-refractivity contribution in [3.05, 3.63) is 68.6 Å². The fourth-order valence-electron chi connectivity index (χ4n) is 3.19. The Morgan fingerprint density at radius 3 is 1.57 bits per heavy atom. The number of benzene rings is 2. The van der Waals surface area contributed by atoms with Crippen molar-refractivity contribution in [2.75, 3.05) is 61.9 Å². The van der Waals surface area contributed by atoms with Gasteiger partial charge in [0.1, 0.15) is 0 Å². The van der Waals surface area contributed by atoms with Crippen LogP contribution < -0.4 is 22.1 Å². The Labute approximate surface area is 171 Å². The molecule has 0 aliphatic rings. The topological polar surface area (TPSA) is 76.1 Å². The summed E-state index contributed by atoms with van der Waals surface area (Å²) in [6.07, 6.45) is 4.25. The van der Waals surface area contributed by atoms with E-state index in [9.17, 15) is 0 Å². The van der Waals surface area contributed by atoms with Gasteiger partial charge in [-0.2, -0.15) is 0 Å². The molecule has 0 heterocycles. The Kier molecular flexibility index (Phi) is 9.96. The fraction of sp³-hybridized carbons (Fsp3) is 0.348. The summed E-state index contributed by atoms with van der Waals surface area (Å²) in [6, 6.07) is 15.8. The van der Waals surface area contributed by atoms with Gasteiger partial charge < -0.3 is 34.0 Å². The average molecular weight is 384 g/mol. The number of hydrogen-bond donors (Lipinski definition) is 4. The lowest BCUT2D eigenvalue weighted by Gasteiger charge is -2.34. The molecule has 0 unspecified atom stereocenters. The first-order chi connectivity index (χ1) is 13.0. The Morgan fingerprint density at radius 1 is 0.821 bits per heavy atom. The molecule has 0 radical (unpaired) electrons. The third-order valence-corrected chi connectivity index (χ3v) is 4.80. The van der Waals surface area contributed by atoms with Crippen LogP contribution in [0.2, 0.25) is 0 Å². The zero-order valence-corrected chi connectivity index (χ0v) is 17.5. The van der Waals surface area contributed by atoms with Crippen LogP contribution in [-0.2, 0) is 0 Å². The number of nitrogens with one attached hydrogen (secondary N) is 2. The second kappa shape index (κ2) is 11.9. The highest BCUT2D eigenvalue weighted by molar-refractivity contribution is 5.51. The number of rotatable bonds is 12. The molecule has 2 aromatic rings. The number of anilines is 4. The van der Waals surface area contributed by atoms with Crippen molar-refractivity contribution in [2.24, 2.45) is 0 Å². The minimum absolute atomic E-state index is 0. The number of quaternary nitrogens is 1. The zero-order valence-electron chi connectivity index (χ0n) is 17.5. The summed E-state index contributed by atoms with van der Waals surface area (Å²) in [6.45, 7) is 9.09. The van der Waals surface area contributed by atoms with Crippen molar-refractivity contribution in [3.63, 3.8) is 0 Å². The van der Waals surface area contributed by atoms with Crippen molar-refractivity contribution in [2.45, 2.75) is 12.8 Å². The van der Waals surface area contributed by atoms with E-state index >= 15 is 0 Å². The summed E-state index contributed by atoms with van der Waals surface area (Å²) in [5.41, 5.74) is 15.3. The molecule has 154 valence electrons. The molecule has 2 aromatic carbocycles. The molecule has 0 aliphatic heterocycles. The molecule has 6 N–H and O–H groups in total. The molecule has 0 fully saturated rings. The molecule has 0 spiro atoms. The van der Waals surface area contributed by atoms with Crippen LogP contribution >= 0.6 is 0 Å². The Balaban J connectivity index is 0.00000392. The lowest BCUT2D eigenvalue weighted by atomic mass is 10.2. The predicted octanol–water partition coefficient (Wildman–Crippen LogP) is 4.24. The highest BCUT2D eigenvalue weighted by atomic mass is 15.3. The maximum atomic E-state index is 5.72. The number of nitrogens with zero attached hydrogens (tertiary/aromatic N) is 1. The first kappa shape index (κ1) is 23.4. The Bertz CT molecular complexity index is 626. The summed E-state index contributed by atoms with van der Waals surface area (Å²) in [5, 5.41) is 6.93. The number of likely N-dealkylation sites (N-methyl/N-ethyl adjacent to an activating group) is 1. The van der Waals surface area contributed by atoms with Gasteiger partial charge in [0.2, 0.25) is 0 Å². The van der Waals surface area contributed by atoms with Gasteiger partial charge in [-0.05, 0) is 54.6 Å². The van der Waals surface area contributed by atoms with Crippen LogP contribution in [0, 0.1) is 7.43 Å². The number of nitrogens with two attached hydrogens (primary N) is 2. The van der Waals surface area contributed by atoms with E-state index in [1.165, 1.54) is 0 Å². The van der Waals surface area contributed by atoms with Gasteiger partial charge in [-0.3, -0.25) is 0 Å². The van der Waals surface area contributed by atoms with E-state index < -0.39 is 0 Å². The van der Waals surface area contributed by atoms with E-state index in [4.69, 9.17) is 11.5 Å². The molecule has 5 heteroatoms. The summed E-state index contributed by atoms with van der Waals surface area (Å²) >= 11 is 0. The molecule has 5 nitrogen and oxygen atoms in total. The second-order valence-corrected chi connectivity index (χ2v) is 7.34. The van der Waals surface area contributed by atoms with Crippen LogP contribution in [0.4, 0.5) is 22.7 Å². The maximum Gasteiger partial charge on any atom is 0.0969 e. The van der Waals surface area contributed by atoms with E-state index in [-0.39, 0.29) is 7.43 Å². The summed E-state index contributed by atoms with van der Waals surface area (Å²) in [5.74, 6) is 0. The zero-order chi connectivity index (χ0) is 19.5. The van der Waals surface area contributed by atoms with Gasteiger partial charge in [-0.1, -0.05) is 6.58 Å². The van der Waals surface area contributed by atoms with Gasteiger partial charge >= 0.3 is 0 Å². The smallest absolute Gasteiger partial charge is 0.0969 e. The Hall–Kier alpha value is -2.66. The highest BCUT2D eigenvalue weighted by Crippen LogP contribution is 2.13. The second-order valence-electron chi connectivity index (χ2n) is 7.34. The monoisotopic (exact) mass is 383 g/mol. The highest BCUT2D eigenvalue weighted by Gasteiger charge is 2.18. The van der Waals surface area contributed by atoms with Crippen molar-refractivity contribution in [3.8, 4) is 0 Å². The molecule has 0 bridgehead atoms. The van der Waals surface area contributed by atoms with Gasteiger partial charge in [0.15, 0.2) is 0 Å². The van der Waals surface area contributed by atoms with Crippen LogP contribution in [0.1, 0.15) is 12.8 Å². The molecule has 0 aromatic heterocycles. The fourth-order valence-corrected chi connectivity index (χ4v) is 3.19. The van der Waals surface area contributed by atoms with Crippen LogP contribution in [0.3, 0.4) is 0 Å². The molecule has 2 rings (SSSR count). The first-order valence-electron chi connectivity index (χ1n) is 9.64. The van der Waals surface area contributed by atoms with Crippen molar-refractivity contribution in [1.82, 2.24) is 0 Å². The van der Waals surface area contributed by atoms with Gasteiger partial charge in [-0.25, -0.2) is 0 Å². The third kappa shape index (κ3) is 8.35. The van der Waals surface area contributed by atoms with Gasteiger partial charge in [0.05, 0.1) is 26.7 Å². The van der Waals surface area contributed by atoms with E-state index in [1.54, 1.807) is 0 Å². The van der Waals surface area contributed by atoms with Gasteiger partial charge in [0, 0.05) is 48.7 Å². The Morgan fingerprint density at radius 2 is 1.21 bits per heavy atom. The molecule has 0 amide bonds. The lowest BCUT2D eigenvalue weighted by molar-refractivity contribution is -0.904. The molecule has 0 saturated heterocycles. The van der Waals surface area contributed by atoms with Crippen LogP contribution in [0.25, 0.3) is 0 Å². The van der Waals surface area contributed by atoms with E-state index in [0.717, 1.165) is 72.8 Å². The van der Waals surface area contributed by atoms with Gasteiger partial charge in [-0.15, -0.1) is 0 Å². The molecule has 0 aliphatic carbocycles. The molecule has 28 heavy (non-hydrogen) atoms. The minimum Gasteiger partial charge on any atom is -0.399 e. The predicted molar refractivity (Wildman–Crippen MR) is 125 cm³/mol. The summed E-state index contributed by atoms with van der Waals surface area (Å²) in [4.78, 5) is 0. The molecular formula is C23H37N5. The van der Waals surface area contributed by atoms with Crippen LogP contribution in [0.5, 0.6) is 0 Å². The molecule has 0 saturated carbocycles. The van der Waals surface area contributed by atoms with E-state index in [2.05, 4.69) is 24.3 Å². The molecule has 0 atom stereocenters. The minimum atomic E-state index is 0. The lowest BCUT2D eigenvalue weighted by Crippen LogP contribution is -2.46. The van der Waals surface area contributed by atoms with Crippen LogP contribution in [0.15, 0.2) is 61.2 Å². The van der Waals surface area contributed by atoms with Gasteiger partial charge in [0.25, 0.3) is 0 Å². The maximum absolute atomic E-state index is 5.72. The van der Waals surface area contributed by atoms with Crippen molar-refractivity contribution >= 4 is 22.7 Å². The molecular weight excluding hydrogens is 346 g/mol. The largest absolute Gasteiger partial charge is 0.399 e. The van der Waals surface area contributed by atoms with E-state index in [1.807, 2.05) is 54.6 Å². The first-order valence-corrected chi connectivity index (χ1v) is 9.64. The quantitative estimate of drug-likeness (QED) is 0.145. The summed E-state index contributed by atoms with van der Waals surface area (Å²) in [7, 11) is 2.31. The average Bonchev–Trinajstić information content (AvgIpc) is 2.66. The normalized spacial score (nSPS) is 10.8. The third-order valence-electron chi connectivity index (χ3n) is 4.80. The standard InChI is InChI=1S/C22H34N5.CH3/c1-3-16-27(2,17-4-14-25-21-10-6-19(23)7-11-21)18-5-15-26-22-12-8-20(24)9-13-22;/h3,6-13,25-26H,1,4-5,14-18,23-24H2,2H3;1H3/q+1;-1. The summed E-state index contributed by atoms with van der Waals surface area (Å²) < 4.78 is 1.01. The number of hydrogen-bond acceptors (Lipinski definition) is 4. The van der Waals surface area contributed by atoms with Crippen LogP contribution in [-0.4, -0.2) is 44.3 Å².